The van der Waals surface area contributed by atoms with E-state index in [0.717, 1.165) is 11.3 Å². The van der Waals surface area contributed by atoms with Crippen LogP contribution in [0.25, 0.3) is 0 Å². The molecule has 122 valence electrons. The highest BCUT2D eigenvalue weighted by molar-refractivity contribution is 5.65. The summed E-state index contributed by atoms with van der Waals surface area (Å²) >= 11 is 0. The van der Waals surface area contributed by atoms with Crippen LogP contribution in [0.2, 0.25) is 0 Å². The van der Waals surface area contributed by atoms with Crippen molar-refractivity contribution in [3.63, 3.8) is 0 Å². The molecular weight excluding hydrogens is 303 g/mol. The topological polar surface area (TPSA) is 49.8 Å². The predicted molar refractivity (Wildman–Crippen MR) is 95.7 cm³/mol. The van der Waals surface area contributed by atoms with Gasteiger partial charge in [-0.1, -0.05) is 18.2 Å². The fourth-order valence-electron chi connectivity index (χ4n) is 2.42. The highest BCUT2D eigenvalue weighted by atomic mass is 19.1. The van der Waals surface area contributed by atoms with Crippen LogP contribution >= 0.6 is 0 Å². The zero-order chi connectivity index (χ0) is 17.1. The van der Waals surface area contributed by atoms with Crippen molar-refractivity contribution in [1.82, 2.24) is 9.97 Å². The van der Waals surface area contributed by atoms with E-state index in [9.17, 15) is 4.39 Å². The first-order valence-electron chi connectivity index (χ1n) is 7.72. The number of aromatic nitrogens is 2. The van der Waals surface area contributed by atoms with Crippen molar-refractivity contribution in [3.8, 4) is 0 Å². The van der Waals surface area contributed by atoms with E-state index in [1.54, 1.807) is 18.2 Å². The van der Waals surface area contributed by atoms with Gasteiger partial charge in [0.15, 0.2) is 0 Å². The summed E-state index contributed by atoms with van der Waals surface area (Å²) in [5.74, 6) is 1.64. The molecule has 1 aromatic heterocycles. The molecule has 4 nitrogen and oxygen atoms in total. The van der Waals surface area contributed by atoms with E-state index in [4.69, 9.17) is 0 Å². The van der Waals surface area contributed by atoms with Crippen LogP contribution in [0.4, 0.5) is 27.4 Å². The van der Waals surface area contributed by atoms with Gasteiger partial charge in [0, 0.05) is 17.4 Å². The van der Waals surface area contributed by atoms with Crippen LogP contribution in [0, 0.1) is 26.6 Å². The maximum atomic E-state index is 13.3. The summed E-state index contributed by atoms with van der Waals surface area (Å²) in [6.45, 7) is 5.92. The Morgan fingerprint density at radius 3 is 2.33 bits per heavy atom. The van der Waals surface area contributed by atoms with Crippen molar-refractivity contribution in [1.29, 1.82) is 0 Å². The second-order valence-corrected chi connectivity index (χ2v) is 5.76. The summed E-state index contributed by atoms with van der Waals surface area (Å²) < 4.78 is 13.3. The van der Waals surface area contributed by atoms with Crippen molar-refractivity contribution in [2.24, 2.45) is 0 Å². The lowest BCUT2D eigenvalue weighted by atomic mass is 10.1. The Hall–Kier alpha value is -2.95. The van der Waals surface area contributed by atoms with Gasteiger partial charge in [-0.2, -0.15) is 0 Å². The molecule has 0 aliphatic heterocycles. The number of nitrogens with one attached hydrogen (secondary N) is 2. The SMILES string of the molecule is Cc1ccc(C)c(Nc2cc(Nc3cccc(F)c3)nc(C)n2)c1. The fraction of sp³-hybridized carbons (Fsp3) is 0.158. The van der Waals surface area contributed by atoms with E-state index >= 15 is 0 Å². The maximum Gasteiger partial charge on any atom is 0.136 e. The number of benzene rings is 2. The van der Waals surface area contributed by atoms with Crippen LogP contribution in [0.15, 0.2) is 48.5 Å². The van der Waals surface area contributed by atoms with Crippen LogP contribution in [0.3, 0.4) is 0 Å². The number of nitrogens with zero attached hydrogens (tertiary/aromatic N) is 2. The van der Waals surface area contributed by atoms with Crippen LogP contribution in [-0.2, 0) is 0 Å². The zero-order valence-corrected chi connectivity index (χ0v) is 13.9. The molecule has 0 saturated heterocycles. The van der Waals surface area contributed by atoms with Crippen LogP contribution in [-0.4, -0.2) is 9.97 Å². The van der Waals surface area contributed by atoms with Gasteiger partial charge in [-0.15, -0.1) is 0 Å². The smallest absolute Gasteiger partial charge is 0.136 e. The molecular formula is C19H19FN4. The Labute approximate surface area is 140 Å². The first-order valence-corrected chi connectivity index (χ1v) is 7.72. The first-order chi connectivity index (χ1) is 11.5. The van der Waals surface area contributed by atoms with Gasteiger partial charge in [-0.3, -0.25) is 0 Å². The molecule has 3 rings (SSSR count). The molecule has 0 fully saturated rings. The van der Waals surface area contributed by atoms with Crippen molar-refractivity contribution >= 4 is 23.0 Å². The summed E-state index contributed by atoms with van der Waals surface area (Å²) in [5.41, 5.74) is 3.96. The Morgan fingerprint density at radius 2 is 1.58 bits per heavy atom. The monoisotopic (exact) mass is 322 g/mol. The van der Waals surface area contributed by atoms with Gasteiger partial charge < -0.3 is 10.6 Å². The van der Waals surface area contributed by atoms with Crippen LogP contribution < -0.4 is 10.6 Å². The van der Waals surface area contributed by atoms with Gasteiger partial charge in [0.2, 0.25) is 0 Å². The average molecular weight is 322 g/mol. The lowest BCUT2D eigenvalue weighted by molar-refractivity contribution is 0.628. The highest BCUT2D eigenvalue weighted by Gasteiger charge is 2.05. The fourth-order valence-corrected chi connectivity index (χ4v) is 2.42. The number of hydrogen-bond acceptors (Lipinski definition) is 4. The van der Waals surface area contributed by atoms with E-state index in [-0.39, 0.29) is 5.82 Å². The summed E-state index contributed by atoms with van der Waals surface area (Å²) in [5, 5.41) is 6.43. The minimum atomic E-state index is -0.292. The summed E-state index contributed by atoms with van der Waals surface area (Å²) in [6, 6.07) is 14.3. The third-order valence-electron chi connectivity index (χ3n) is 3.59. The predicted octanol–water partition coefficient (Wildman–Crippen LogP) is 5.03. The molecule has 24 heavy (non-hydrogen) atoms. The maximum absolute atomic E-state index is 13.3. The van der Waals surface area contributed by atoms with Gasteiger partial charge in [0.1, 0.15) is 23.3 Å². The summed E-state index contributed by atoms with van der Waals surface area (Å²) in [6.07, 6.45) is 0. The van der Waals surface area contributed by atoms with E-state index in [1.165, 1.54) is 17.7 Å². The molecule has 0 aliphatic rings. The number of aryl methyl sites for hydroxylation is 3. The number of hydrogen-bond donors (Lipinski definition) is 2. The lowest BCUT2D eigenvalue weighted by Crippen LogP contribution is -2.02. The van der Waals surface area contributed by atoms with Gasteiger partial charge in [-0.25, -0.2) is 14.4 Å². The summed E-state index contributed by atoms with van der Waals surface area (Å²) in [4.78, 5) is 8.78. The molecule has 2 N–H and O–H groups in total. The molecule has 0 amide bonds. The molecule has 2 aromatic carbocycles. The van der Waals surface area contributed by atoms with E-state index in [0.29, 0.717) is 23.1 Å². The molecule has 0 bridgehead atoms. The minimum Gasteiger partial charge on any atom is -0.340 e. The number of halogens is 1. The van der Waals surface area contributed by atoms with Gasteiger partial charge in [0.25, 0.3) is 0 Å². The van der Waals surface area contributed by atoms with E-state index in [2.05, 4.69) is 38.8 Å². The Balaban J connectivity index is 1.87. The highest BCUT2D eigenvalue weighted by Crippen LogP contribution is 2.23. The largest absolute Gasteiger partial charge is 0.340 e. The first kappa shape index (κ1) is 15.9. The third-order valence-corrected chi connectivity index (χ3v) is 3.59. The van der Waals surface area contributed by atoms with E-state index in [1.807, 2.05) is 20.8 Å². The normalized spacial score (nSPS) is 10.5. The van der Waals surface area contributed by atoms with Gasteiger partial charge >= 0.3 is 0 Å². The molecule has 1 heterocycles. The molecule has 3 aromatic rings. The number of anilines is 4. The molecule has 0 atom stereocenters. The quantitative estimate of drug-likeness (QED) is 0.707. The standard InChI is InChI=1S/C19H19FN4/c1-12-7-8-13(2)17(9-12)24-19-11-18(21-14(3)22-19)23-16-6-4-5-15(20)10-16/h4-11H,1-3H3,(H2,21,22,23,24). The average Bonchev–Trinajstić information content (AvgIpc) is 2.50. The van der Waals surface area contributed by atoms with Crippen molar-refractivity contribution < 1.29 is 4.39 Å². The molecule has 0 radical (unpaired) electrons. The Kier molecular flexibility index (Phi) is 4.42. The Morgan fingerprint density at radius 1 is 0.833 bits per heavy atom. The van der Waals surface area contributed by atoms with E-state index < -0.39 is 0 Å². The Bertz CT molecular complexity index is 877. The summed E-state index contributed by atoms with van der Waals surface area (Å²) in [7, 11) is 0. The van der Waals surface area contributed by atoms with Crippen LogP contribution in [0.5, 0.6) is 0 Å². The van der Waals surface area contributed by atoms with Crippen molar-refractivity contribution in [3.05, 3.63) is 71.3 Å². The second-order valence-electron chi connectivity index (χ2n) is 5.76. The molecule has 5 heteroatoms. The number of rotatable bonds is 4. The van der Waals surface area contributed by atoms with Crippen LogP contribution in [0.1, 0.15) is 17.0 Å². The van der Waals surface area contributed by atoms with Crippen molar-refractivity contribution in [2.45, 2.75) is 20.8 Å². The molecule has 0 spiro atoms. The third kappa shape index (κ3) is 3.87. The zero-order valence-electron chi connectivity index (χ0n) is 13.9. The second kappa shape index (κ2) is 6.66. The van der Waals surface area contributed by atoms with Gasteiger partial charge in [0.05, 0.1) is 0 Å². The minimum absolute atomic E-state index is 0.292. The van der Waals surface area contributed by atoms with Gasteiger partial charge in [-0.05, 0) is 56.2 Å². The lowest BCUT2D eigenvalue weighted by Gasteiger charge is -2.12. The molecule has 0 aliphatic carbocycles. The van der Waals surface area contributed by atoms with Crippen molar-refractivity contribution in [2.75, 3.05) is 10.6 Å². The molecule has 0 unspecified atom stereocenters. The molecule has 0 saturated carbocycles.